The predicted molar refractivity (Wildman–Crippen MR) is 118 cm³/mol. The Morgan fingerprint density at radius 1 is 1.25 bits per heavy atom. The molecule has 2 aromatic carbocycles. The zero-order chi connectivity index (χ0) is 20.1. The number of H-pyrrole nitrogens is 1. The fourth-order valence-corrected chi connectivity index (χ4v) is 4.54. The number of carboxylic acids is 1. The largest absolute Gasteiger partial charge is 0.492 e. The lowest BCUT2D eigenvalue weighted by atomic mass is 10.0. The molecule has 0 unspecified atom stereocenters. The molecule has 3 rings (SSSR count). The van der Waals surface area contributed by atoms with Crippen LogP contribution >= 0.6 is 31.9 Å². The van der Waals surface area contributed by atoms with E-state index in [0.717, 1.165) is 43.1 Å². The average Bonchev–Trinajstić information content (AvgIpc) is 3.07. The minimum Gasteiger partial charge on any atom is -0.492 e. The predicted octanol–water partition coefficient (Wildman–Crippen LogP) is 5.27. The smallest absolute Gasteiger partial charge is 0.321 e. The first-order valence-corrected chi connectivity index (χ1v) is 10.7. The van der Waals surface area contributed by atoms with Gasteiger partial charge in [0, 0.05) is 40.1 Å². The average molecular weight is 510 g/mol. The van der Waals surface area contributed by atoms with Crippen molar-refractivity contribution in [2.75, 3.05) is 6.61 Å². The minimum absolute atomic E-state index is 0.385. The molecule has 0 amide bonds. The van der Waals surface area contributed by atoms with Gasteiger partial charge in [-0.05, 0) is 46.1 Å². The molecule has 0 aliphatic rings. The standard InChI is InChI=1S/C21H22Br2N2O3/c1-2-7-28-20-14(8-15(22)10-17(20)23)12-25-19(21(26)27)9-13-11-24-18-6-4-3-5-16(13)18/h3-6,8,10-11,19,24-25H,2,7,9,12H2,1H3,(H,26,27)/t19-/m1/s1. The van der Waals surface area contributed by atoms with Crippen molar-refractivity contribution in [1.29, 1.82) is 0 Å². The molecule has 1 aromatic heterocycles. The van der Waals surface area contributed by atoms with Crippen LogP contribution in [0, 0.1) is 0 Å². The number of rotatable bonds is 9. The Labute approximate surface area is 180 Å². The fourth-order valence-electron chi connectivity index (χ4n) is 3.11. The topological polar surface area (TPSA) is 74.3 Å². The molecule has 5 nitrogen and oxygen atoms in total. The molecule has 1 heterocycles. The summed E-state index contributed by atoms with van der Waals surface area (Å²) in [5, 5.41) is 13.9. The molecule has 0 saturated heterocycles. The van der Waals surface area contributed by atoms with Gasteiger partial charge in [-0.2, -0.15) is 0 Å². The number of aliphatic carboxylic acids is 1. The van der Waals surface area contributed by atoms with Gasteiger partial charge in [0.15, 0.2) is 0 Å². The van der Waals surface area contributed by atoms with Crippen LogP contribution in [0.2, 0.25) is 0 Å². The van der Waals surface area contributed by atoms with Crippen LogP contribution in [-0.2, 0) is 17.8 Å². The van der Waals surface area contributed by atoms with Crippen molar-refractivity contribution in [1.82, 2.24) is 10.3 Å². The van der Waals surface area contributed by atoms with Crippen molar-refractivity contribution in [2.24, 2.45) is 0 Å². The number of ether oxygens (including phenoxy) is 1. The Bertz CT molecular complexity index is 971. The highest BCUT2D eigenvalue weighted by atomic mass is 79.9. The Hall–Kier alpha value is -1.83. The molecule has 7 heteroatoms. The van der Waals surface area contributed by atoms with Crippen molar-refractivity contribution in [3.63, 3.8) is 0 Å². The third-order valence-electron chi connectivity index (χ3n) is 4.47. The summed E-state index contributed by atoms with van der Waals surface area (Å²) >= 11 is 7.03. The first-order valence-electron chi connectivity index (χ1n) is 9.11. The van der Waals surface area contributed by atoms with Crippen LogP contribution in [0.1, 0.15) is 24.5 Å². The number of halogens is 2. The van der Waals surface area contributed by atoms with E-state index in [-0.39, 0.29) is 0 Å². The number of hydrogen-bond donors (Lipinski definition) is 3. The molecular weight excluding hydrogens is 488 g/mol. The molecule has 0 radical (unpaired) electrons. The molecule has 0 aliphatic carbocycles. The van der Waals surface area contributed by atoms with E-state index in [2.05, 4.69) is 42.2 Å². The molecule has 0 aliphatic heterocycles. The van der Waals surface area contributed by atoms with Gasteiger partial charge in [-0.15, -0.1) is 0 Å². The second-order valence-corrected chi connectivity index (χ2v) is 8.33. The molecule has 3 aromatic rings. The number of fused-ring (bicyclic) bond motifs is 1. The van der Waals surface area contributed by atoms with E-state index in [1.54, 1.807) is 0 Å². The number of carbonyl (C=O) groups is 1. The quantitative estimate of drug-likeness (QED) is 0.367. The van der Waals surface area contributed by atoms with Crippen LogP contribution in [0.3, 0.4) is 0 Å². The first-order chi connectivity index (χ1) is 13.5. The van der Waals surface area contributed by atoms with Gasteiger partial charge in [-0.1, -0.05) is 41.1 Å². The Morgan fingerprint density at radius 2 is 2.04 bits per heavy atom. The van der Waals surface area contributed by atoms with Crippen LogP contribution in [0.4, 0.5) is 0 Å². The Balaban J connectivity index is 1.78. The van der Waals surface area contributed by atoms with Gasteiger partial charge in [0.1, 0.15) is 11.8 Å². The van der Waals surface area contributed by atoms with Crippen molar-refractivity contribution in [2.45, 2.75) is 32.4 Å². The highest BCUT2D eigenvalue weighted by Crippen LogP contribution is 2.33. The highest BCUT2D eigenvalue weighted by molar-refractivity contribution is 9.11. The maximum absolute atomic E-state index is 11.9. The van der Waals surface area contributed by atoms with Crippen LogP contribution in [0.15, 0.2) is 51.5 Å². The molecule has 0 fully saturated rings. The molecule has 3 N–H and O–H groups in total. The number of carboxylic acid groups (broad SMARTS) is 1. The number of para-hydroxylation sites is 1. The van der Waals surface area contributed by atoms with Crippen molar-refractivity contribution in [3.05, 3.63) is 62.7 Å². The zero-order valence-corrected chi connectivity index (χ0v) is 18.6. The summed E-state index contributed by atoms with van der Waals surface area (Å²) in [5.41, 5.74) is 2.89. The maximum atomic E-state index is 11.9. The molecule has 0 bridgehead atoms. The Kier molecular flexibility index (Phi) is 7.15. The van der Waals surface area contributed by atoms with Gasteiger partial charge in [-0.3, -0.25) is 10.1 Å². The summed E-state index contributed by atoms with van der Waals surface area (Å²) in [6.07, 6.45) is 3.17. The third-order valence-corrected chi connectivity index (χ3v) is 5.52. The van der Waals surface area contributed by atoms with Crippen molar-refractivity contribution >= 4 is 48.7 Å². The summed E-state index contributed by atoms with van der Waals surface area (Å²) in [5.74, 6) is -0.135. The lowest BCUT2D eigenvalue weighted by molar-refractivity contribution is -0.139. The maximum Gasteiger partial charge on any atom is 0.321 e. The summed E-state index contributed by atoms with van der Waals surface area (Å²) in [4.78, 5) is 15.1. The first kappa shape index (κ1) is 20.9. The summed E-state index contributed by atoms with van der Waals surface area (Å²) in [7, 11) is 0. The highest BCUT2D eigenvalue weighted by Gasteiger charge is 2.20. The number of hydrogen-bond acceptors (Lipinski definition) is 3. The van der Waals surface area contributed by atoms with E-state index in [0.29, 0.717) is 19.6 Å². The lowest BCUT2D eigenvalue weighted by Gasteiger charge is -2.18. The van der Waals surface area contributed by atoms with Crippen LogP contribution in [-0.4, -0.2) is 28.7 Å². The SMILES string of the molecule is CCCOc1c(Br)cc(Br)cc1CN[C@H](Cc1c[nH]c2ccccc12)C(=O)O. The number of aromatic nitrogens is 1. The Morgan fingerprint density at radius 3 is 2.79 bits per heavy atom. The molecule has 148 valence electrons. The normalized spacial score (nSPS) is 12.2. The van der Waals surface area contributed by atoms with Crippen LogP contribution in [0.25, 0.3) is 10.9 Å². The van der Waals surface area contributed by atoms with Crippen molar-refractivity contribution < 1.29 is 14.6 Å². The molecule has 1 atom stereocenters. The van der Waals surface area contributed by atoms with E-state index < -0.39 is 12.0 Å². The van der Waals surface area contributed by atoms with E-state index >= 15 is 0 Å². The van der Waals surface area contributed by atoms with Gasteiger partial charge < -0.3 is 14.8 Å². The second-order valence-electron chi connectivity index (χ2n) is 6.56. The van der Waals surface area contributed by atoms with Crippen molar-refractivity contribution in [3.8, 4) is 5.75 Å². The van der Waals surface area contributed by atoms with Crippen LogP contribution in [0.5, 0.6) is 5.75 Å². The fraction of sp³-hybridized carbons (Fsp3) is 0.286. The monoisotopic (exact) mass is 508 g/mol. The van der Waals surface area contributed by atoms with Gasteiger partial charge >= 0.3 is 5.97 Å². The van der Waals surface area contributed by atoms with Gasteiger partial charge in [0.05, 0.1) is 11.1 Å². The van der Waals surface area contributed by atoms with E-state index in [4.69, 9.17) is 4.74 Å². The zero-order valence-electron chi connectivity index (χ0n) is 15.5. The van der Waals surface area contributed by atoms with E-state index in [1.165, 1.54) is 0 Å². The molecule has 28 heavy (non-hydrogen) atoms. The van der Waals surface area contributed by atoms with Crippen LogP contribution < -0.4 is 10.1 Å². The van der Waals surface area contributed by atoms with E-state index in [1.807, 2.05) is 49.5 Å². The number of aromatic amines is 1. The molecule has 0 saturated carbocycles. The molecular formula is C21H22Br2N2O3. The number of nitrogens with one attached hydrogen (secondary N) is 2. The number of benzene rings is 2. The summed E-state index contributed by atoms with van der Waals surface area (Å²) in [6, 6.07) is 11.1. The lowest BCUT2D eigenvalue weighted by Crippen LogP contribution is -2.38. The molecule has 0 spiro atoms. The summed E-state index contributed by atoms with van der Waals surface area (Å²) in [6.45, 7) is 3.04. The van der Waals surface area contributed by atoms with E-state index in [9.17, 15) is 9.90 Å². The second kappa shape index (κ2) is 9.58. The third kappa shape index (κ3) is 4.96. The van der Waals surface area contributed by atoms with Gasteiger partial charge in [0.2, 0.25) is 0 Å². The minimum atomic E-state index is -0.879. The summed E-state index contributed by atoms with van der Waals surface area (Å²) < 4.78 is 7.62. The van der Waals surface area contributed by atoms with Gasteiger partial charge in [0.25, 0.3) is 0 Å². The van der Waals surface area contributed by atoms with Gasteiger partial charge in [-0.25, -0.2) is 0 Å².